The molecule has 0 radical (unpaired) electrons. The molecule has 3 aromatic heterocycles. The first kappa shape index (κ1) is 28.6. The Morgan fingerprint density at radius 1 is 0.930 bits per heavy atom. The van der Waals surface area contributed by atoms with Gasteiger partial charge in [0, 0.05) is 62.0 Å². The van der Waals surface area contributed by atoms with Crippen molar-refractivity contribution in [3.8, 4) is 11.1 Å². The number of nitrogens with one attached hydrogen (secondary N) is 1. The lowest BCUT2D eigenvalue weighted by Gasteiger charge is -2.30. The minimum atomic E-state index is -1.51. The molecule has 6 aromatic rings. The Hall–Kier alpha value is -4.56. The second kappa shape index (κ2) is 12.0. The standard InChI is InChI=1S/C35H32ClN5O2/c1-40-23-38-22-33(40)35(43,26-11-9-24(10-12-26)21-37-17-15-29-8-3-4-16-39-29)27-13-14-32-31(19-27)30(20-34(42)41(32)2)25-6-5-7-28(36)18-25/h3-14,16,18-20,22-23,37,43H,15,17,21H2,1-2H3. The van der Waals surface area contributed by atoms with Crippen molar-refractivity contribution < 1.29 is 5.11 Å². The highest BCUT2D eigenvalue weighted by Crippen LogP contribution is 2.39. The molecular weight excluding hydrogens is 558 g/mol. The lowest BCUT2D eigenvalue weighted by molar-refractivity contribution is 0.117. The number of imidazole rings is 1. The van der Waals surface area contributed by atoms with Crippen LogP contribution in [0.1, 0.15) is 28.1 Å². The van der Waals surface area contributed by atoms with E-state index in [1.807, 2.05) is 96.7 Å². The van der Waals surface area contributed by atoms with Crippen LogP contribution in [-0.2, 0) is 32.7 Å². The van der Waals surface area contributed by atoms with Crippen LogP contribution >= 0.6 is 11.6 Å². The maximum atomic E-state index is 12.9. The van der Waals surface area contributed by atoms with E-state index in [4.69, 9.17) is 11.6 Å². The molecule has 8 heteroatoms. The first-order chi connectivity index (χ1) is 20.8. The molecule has 216 valence electrons. The van der Waals surface area contributed by atoms with Gasteiger partial charge in [-0.05, 0) is 64.2 Å². The number of hydrogen-bond donors (Lipinski definition) is 2. The highest BCUT2D eigenvalue weighted by molar-refractivity contribution is 6.30. The second-order valence-electron chi connectivity index (χ2n) is 10.7. The van der Waals surface area contributed by atoms with Gasteiger partial charge < -0.3 is 19.6 Å². The lowest BCUT2D eigenvalue weighted by atomic mass is 9.82. The minimum Gasteiger partial charge on any atom is -0.374 e. The molecule has 2 N–H and O–H groups in total. The molecule has 1 unspecified atom stereocenters. The smallest absolute Gasteiger partial charge is 0.251 e. The third-order valence-electron chi connectivity index (χ3n) is 7.97. The summed E-state index contributed by atoms with van der Waals surface area (Å²) >= 11 is 6.33. The van der Waals surface area contributed by atoms with Crippen LogP contribution < -0.4 is 10.9 Å². The zero-order valence-electron chi connectivity index (χ0n) is 24.0. The number of fused-ring (bicyclic) bond motifs is 1. The predicted octanol–water partition coefficient (Wildman–Crippen LogP) is 5.60. The molecule has 0 bridgehead atoms. The Balaban J connectivity index is 1.38. The molecule has 0 fully saturated rings. The summed E-state index contributed by atoms with van der Waals surface area (Å²) in [6.07, 6.45) is 6.04. The van der Waals surface area contributed by atoms with Crippen molar-refractivity contribution in [1.82, 2.24) is 24.4 Å². The molecule has 0 spiro atoms. The van der Waals surface area contributed by atoms with Crippen molar-refractivity contribution in [3.63, 3.8) is 0 Å². The zero-order valence-corrected chi connectivity index (χ0v) is 24.8. The van der Waals surface area contributed by atoms with E-state index in [1.165, 1.54) is 0 Å². The molecule has 1 atom stereocenters. The first-order valence-electron chi connectivity index (χ1n) is 14.1. The summed E-state index contributed by atoms with van der Waals surface area (Å²) in [4.78, 5) is 21.6. The van der Waals surface area contributed by atoms with E-state index < -0.39 is 5.60 Å². The number of pyridine rings is 2. The van der Waals surface area contributed by atoms with Gasteiger partial charge in [0.05, 0.1) is 23.7 Å². The van der Waals surface area contributed by atoms with Crippen LogP contribution in [0.3, 0.4) is 0 Å². The molecule has 3 heterocycles. The monoisotopic (exact) mass is 589 g/mol. The SMILES string of the molecule is Cn1cncc1C(O)(c1ccc(CNCCc2ccccn2)cc1)c1ccc2c(c1)c(-c1cccc(Cl)c1)cc(=O)n2C. The Labute approximate surface area is 255 Å². The van der Waals surface area contributed by atoms with Crippen LogP contribution in [0.25, 0.3) is 22.0 Å². The minimum absolute atomic E-state index is 0.124. The zero-order chi connectivity index (χ0) is 30.0. The second-order valence-corrected chi connectivity index (χ2v) is 11.2. The van der Waals surface area contributed by atoms with Gasteiger partial charge in [-0.2, -0.15) is 0 Å². The third kappa shape index (κ3) is 5.62. The Kier molecular flexibility index (Phi) is 7.95. The van der Waals surface area contributed by atoms with Crippen LogP contribution in [0.4, 0.5) is 0 Å². The molecule has 0 saturated carbocycles. The summed E-state index contributed by atoms with van der Waals surface area (Å²) in [6.45, 7) is 1.51. The highest BCUT2D eigenvalue weighted by atomic mass is 35.5. The lowest BCUT2D eigenvalue weighted by Crippen LogP contribution is -2.31. The molecule has 0 aliphatic heterocycles. The van der Waals surface area contributed by atoms with Gasteiger partial charge in [0.25, 0.3) is 5.56 Å². The number of rotatable bonds is 9. The van der Waals surface area contributed by atoms with E-state index in [-0.39, 0.29) is 5.56 Å². The van der Waals surface area contributed by atoms with Crippen LogP contribution in [0.5, 0.6) is 0 Å². The number of aryl methyl sites for hydroxylation is 2. The Morgan fingerprint density at radius 3 is 2.47 bits per heavy atom. The molecule has 0 aliphatic rings. The molecule has 3 aromatic carbocycles. The highest BCUT2D eigenvalue weighted by Gasteiger charge is 2.37. The normalized spacial score (nSPS) is 12.8. The average Bonchev–Trinajstić information content (AvgIpc) is 3.47. The van der Waals surface area contributed by atoms with Crippen molar-refractivity contribution in [1.29, 1.82) is 0 Å². The van der Waals surface area contributed by atoms with Crippen LogP contribution in [-0.4, -0.2) is 30.8 Å². The van der Waals surface area contributed by atoms with E-state index >= 15 is 0 Å². The van der Waals surface area contributed by atoms with Crippen molar-refractivity contribution >= 4 is 22.5 Å². The fourth-order valence-electron chi connectivity index (χ4n) is 5.61. The number of aliphatic hydroxyl groups is 1. The number of nitrogens with zero attached hydrogens (tertiary/aromatic N) is 4. The predicted molar refractivity (Wildman–Crippen MR) is 171 cm³/mol. The summed E-state index contributed by atoms with van der Waals surface area (Å²) in [7, 11) is 3.62. The van der Waals surface area contributed by atoms with E-state index in [2.05, 4.69) is 15.3 Å². The Morgan fingerprint density at radius 2 is 1.74 bits per heavy atom. The van der Waals surface area contributed by atoms with Gasteiger partial charge in [-0.3, -0.25) is 9.78 Å². The van der Waals surface area contributed by atoms with Crippen molar-refractivity contribution in [2.45, 2.75) is 18.6 Å². The molecule has 6 rings (SSSR count). The van der Waals surface area contributed by atoms with E-state index in [9.17, 15) is 9.90 Å². The fourth-order valence-corrected chi connectivity index (χ4v) is 5.80. The molecular formula is C35H32ClN5O2. The average molecular weight is 590 g/mol. The summed E-state index contributed by atoms with van der Waals surface area (Å²) in [6, 6.07) is 28.8. The molecule has 0 saturated heterocycles. The molecule has 43 heavy (non-hydrogen) atoms. The molecule has 7 nitrogen and oxygen atoms in total. The van der Waals surface area contributed by atoms with E-state index in [1.54, 1.807) is 36.3 Å². The summed E-state index contributed by atoms with van der Waals surface area (Å²) < 4.78 is 3.45. The summed E-state index contributed by atoms with van der Waals surface area (Å²) in [5.74, 6) is 0. The quantitative estimate of drug-likeness (QED) is 0.214. The first-order valence-corrected chi connectivity index (χ1v) is 14.5. The fraction of sp³-hybridized carbons (Fsp3) is 0.171. The largest absolute Gasteiger partial charge is 0.374 e. The van der Waals surface area contributed by atoms with Gasteiger partial charge in [0.15, 0.2) is 5.60 Å². The van der Waals surface area contributed by atoms with Gasteiger partial charge >= 0.3 is 0 Å². The maximum absolute atomic E-state index is 12.9. The van der Waals surface area contributed by atoms with Crippen molar-refractivity contribution in [2.24, 2.45) is 14.1 Å². The maximum Gasteiger partial charge on any atom is 0.251 e. The number of aromatic nitrogens is 4. The Bertz CT molecular complexity index is 1950. The topological polar surface area (TPSA) is 85.0 Å². The van der Waals surface area contributed by atoms with Crippen LogP contribution in [0.2, 0.25) is 5.02 Å². The van der Waals surface area contributed by atoms with Gasteiger partial charge in [0.1, 0.15) is 0 Å². The summed E-state index contributed by atoms with van der Waals surface area (Å²) in [5, 5.41) is 17.5. The van der Waals surface area contributed by atoms with Crippen molar-refractivity contribution in [3.05, 3.63) is 153 Å². The van der Waals surface area contributed by atoms with Crippen LogP contribution in [0.15, 0.2) is 115 Å². The van der Waals surface area contributed by atoms with Crippen LogP contribution in [0, 0.1) is 0 Å². The van der Waals surface area contributed by atoms with Gasteiger partial charge in [0.2, 0.25) is 0 Å². The van der Waals surface area contributed by atoms with Gasteiger partial charge in [-0.1, -0.05) is 60.1 Å². The molecule has 0 amide bonds. The third-order valence-corrected chi connectivity index (χ3v) is 8.21. The van der Waals surface area contributed by atoms with E-state index in [0.717, 1.165) is 46.3 Å². The van der Waals surface area contributed by atoms with Gasteiger partial charge in [-0.15, -0.1) is 0 Å². The molecule has 0 aliphatic carbocycles. The van der Waals surface area contributed by atoms with Crippen molar-refractivity contribution in [2.75, 3.05) is 6.54 Å². The number of benzene rings is 3. The summed E-state index contributed by atoms with van der Waals surface area (Å²) in [5.41, 5.74) is 4.86. The van der Waals surface area contributed by atoms with Gasteiger partial charge in [-0.25, -0.2) is 4.98 Å². The van der Waals surface area contributed by atoms with E-state index in [0.29, 0.717) is 28.4 Å². The number of halogens is 1. The number of hydrogen-bond acceptors (Lipinski definition) is 5.